The Balaban J connectivity index is 1.60. The van der Waals surface area contributed by atoms with Crippen molar-refractivity contribution >= 4 is 33.2 Å². The van der Waals surface area contributed by atoms with E-state index in [1.807, 2.05) is 6.07 Å². The zero-order chi connectivity index (χ0) is 17.4. The number of nitriles is 1. The van der Waals surface area contributed by atoms with E-state index >= 15 is 0 Å². The monoisotopic (exact) mass is 350 g/mol. The van der Waals surface area contributed by atoms with Gasteiger partial charge in [-0.05, 0) is 31.5 Å². The van der Waals surface area contributed by atoms with Crippen LogP contribution < -0.4 is 9.80 Å². The zero-order valence-electron chi connectivity index (χ0n) is 14.2. The number of nitrogens with zero attached hydrogens (tertiary/aromatic N) is 6. The van der Waals surface area contributed by atoms with Gasteiger partial charge in [0.2, 0.25) is 0 Å². The molecule has 3 aromatic heterocycles. The highest BCUT2D eigenvalue weighted by Gasteiger charge is 2.23. The first-order valence-corrected chi connectivity index (χ1v) is 9.06. The zero-order valence-corrected chi connectivity index (χ0v) is 15.0. The van der Waals surface area contributed by atoms with Gasteiger partial charge < -0.3 is 9.80 Å². The van der Waals surface area contributed by atoms with Crippen molar-refractivity contribution < 1.29 is 0 Å². The molecule has 1 saturated heterocycles. The summed E-state index contributed by atoms with van der Waals surface area (Å²) in [7, 11) is 0. The van der Waals surface area contributed by atoms with Crippen molar-refractivity contribution in [1.29, 1.82) is 5.26 Å². The van der Waals surface area contributed by atoms with Gasteiger partial charge in [-0.3, -0.25) is 0 Å². The van der Waals surface area contributed by atoms with Crippen LogP contribution in [-0.4, -0.2) is 41.1 Å². The van der Waals surface area contributed by atoms with Crippen LogP contribution in [0.25, 0.3) is 10.2 Å². The standard InChI is InChI=1S/C18H18N6S/c1-12-13(2)25-18-15(12)17(21-11-22-18)24-8-6-23(7-9-24)16-14(10-19)4-3-5-20-16/h3-5,11H,6-9H2,1-2H3. The normalized spacial score (nSPS) is 14.8. The second-order valence-corrected chi connectivity index (χ2v) is 7.32. The average molecular weight is 350 g/mol. The van der Waals surface area contributed by atoms with E-state index in [-0.39, 0.29) is 0 Å². The highest BCUT2D eigenvalue weighted by Crippen LogP contribution is 2.34. The Morgan fingerprint density at radius 2 is 1.76 bits per heavy atom. The fourth-order valence-electron chi connectivity index (χ4n) is 3.27. The summed E-state index contributed by atoms with van der Waals surface area (Å²) in [5.74, 6) is 1.80. The lowest BCUT2D eigenvalue weighted by Gasteiger charge is -2.36. The van der Waals surface area contributed by atoms with Crippen LogP contribution in [0.3, 0.4) is 0 Å². The number of hydrogen-bond acceptors (Lipinski definition) is 7. The molecule has 0 N–H and O–H groups in total. The minimum atomic E-state index is 0.629. The summed E-state index contributed by atoms with van der Waals surface area (Å²) in [6, 6.07) is 5.86. The molecule has 0 atom stereocenters. The van der Waals surface area contributed by atoms with Crippen LogP contribution in [0.2, 0.25) is 0 Å². The van der Waals surface area contributed by atoms with E-state index in [0.717, 1.165) is 42.6 Å². The molecule has 0 bridgehead atoms. The first-order valence-electron chi connectivity index (χ1n) is 8.24. The number of rotatable bonds is 2. The molecule has 1 fully saturated rings. The Bertz CT molecular complexity index is 965. The number of fused-ring (bicyclic) bond motifs is 1. The third-order valence-corrected chi connectivity index (χ3v) is 5.85. The number of aromatic nitrogens is 3. The van der Waals surface area contributed by atoms with E-state index in [0.29, 0.717) is 5.56 Å². The van der Waals surface area contributed by atoms with Gasteiger partial charge in [-0.1, -0.05) is 0 Å². The molecule has 1 aliphatic rings. The number of anilines is 2. The van der Waals surface area contributed by atoms with E-state index in [1.54, 1.807) is 29.9 Å². The Hall–Kier alpha value is -2.72. The van der Waals surface area contributed by atoms with Crippen LogP contribution in [0.1, 0.15) is 16.0 Å². The molecule has 0 amide bonds. The van der Waals surface area contributed by atoms with Gasteiger partial charge in [0.05, 0.1) is 10.9 Å². The van der Waals surface area contributed by atoms with E-state index in [1.165, 1.54) is 15.8 Å². The maximum absolute atomic E-state index is 9.29. The minimum absolute atomic E-state index is 0.629. The molecule has 126 valence electrons. The highest BCUT2D eigenvalue weighted by atomic mass is 32.1. The molecular weight excluding hydrogens is 332 g/mol. The molecule has 25 heavy (non-hydrogen) atoms. The summed E-state index contributed by atoms with van der Waals surface area (Å²) < 4.78 is 0. The Kier molecular flexibility index (Phi) is 3.98. The smallest absolute Gasteiger partial charge is 0.146 e. The molecule has 6 nitrogen and oxygen atoms in total. The largest absolute Gasteiger partial charge is 0.352 e. The van der Waals surface area contributed by atoms with Gasteiger partial charge in [0.25, 0.3) is 0 Å². The van der Waals surface area contributed by atoms with Crippen LogP contribution in [-0.2, 0) is 0 Å². The summed E-state index contributed by atoms with van der Waals surface area (Å²) in [4.78, 5) is 20.2. The van der Waals surface area contributed by atoms with Crippen LogP contribution in [0.4, 0.5) is 11.6 Å². The predicted molar refractivity (Wildman–Crippen MR) is 100 cm³/mol. The molecule has 4 rings (SSSR count). The van der Waals surface area contributed by atoms with E-state index in [4.69, 9.17) is 0 Å². The molecule has 0 spiro atoms. The number of aryl methyl sites for hydroxylation is 2. The second-order valence-electron chi connectivity index (χ2n) is 6.12. The third kappa shape index (κ3) is 2.68. The van der Waals surface area contributed by atoms with Gasteiger partial charge in [0.1, 0.15) is 28.9 Å². The van der Waals surface area contributed by atoms with Crippen molar-refractivity contribution in [2.45, 2.75) is 13.8 Å². The van der Waals surface area contributed by atoms with Crippen molar-refractivity contribution in [2.24, 2.45) is 0 Å². The summed E-state index contributed by atoms with van der Waals surface area (Å²) in [6.07, 6.45) is 3.40. The fourth-order valence-corrected chi connectivity index (χ4v) is 4.26. The molecule has 0 aliphatic carbocycles. The Morgan fingerprint density at radius 3 is 2.48 bits per heavy atom. The lowest BCUT2D eigenvalue weighted by atomic mass is 10.2. The predicted octanol–water partition coefficient (Wildman–Crippen LogP) is 2.90. The summed E-state index contributed by atoms with van der Waals surface area (Å²) >= 11 is 1.73. The fraction of sp³-hybridized carbons (Fsp3) is 0.333. The highest BCUT2D eigenvalue weighted by molar-refractivity contribution is 7.18. The van der Waals surface area contributed by atoms with Crippen molar-refractivity contribution in [3.63, 3.8) is 0 Å². The van der Waals surface area contributed by atoms with Gasteiger partial charge in [0, 0.05) is 37.3 Å². The van der Waals surface area contributed by atoms with Crippen LogP contribution in [0.5, 0.6) is 0 Å². The molecular formula is C18H18N6S. The minimum Gasteiger partial charge on any atom is -0.352 e. The lowest BCUT2D eigenvalue weighted by molar-refractivity contribution is 0.642. The third-order valence-electron chi connectivity index (χ3n) is 4.73. The van der Waals surface area contributed by atoms with E-state index in [2.05, 4.69) is 44.7 Å². The first kappa shape index (κ1) is 15.8. The summed E-state index contributed by atoms with van der Waals surface area (Å²) in [5, 5.41) is 10.5. The molecule has 0 radical (unpaired) electrons. The van der Waals surface area contributed by atoms with Gasteiger partial charge >= 0.3 is 0 Å². The van der Waals surface area contributed by atoms with Crippen LogP contribution >= 0.6 is 11.3 Å². The van der Waals surface area contributed by atoms with Gasteiger partial charge in [-0.2, -0.15) is 5.26 Å². The van der Waals surface area contributed by atoms with Crippen molar-refractivity contribution in [1.82, 2.24) is 15.0 Å². The maximum Gasteiger partial charge on any atom is 0.146 e. The van der Waals surface area contributed by atoms with Gasteiger partial charge in [-0.15, -0.1) is 11.3 Å². The molecule has 0 aromatic carbocycles. The average Bonchev–Trinajstić information content (AvgIpc) is 2.96. The Morgan fingerprint density at radius 1 is 1.04 bits per heavy atom. The molecule has 0 unspecified atom stereocenters. The van der Waals surface area contributed by atoms with Crippen LogP contribution in [0.15, 0.2) is 24.7 Å². The summed E-state index contributed by atoms with van der Waals surface area (Å²) in [6.45, 7) is 7.61. The van der Waals surface area contributed by atoms with Crippen molar-refractivity contribution in [3.8, 4) is 6.07 Å². The Labute approximate surface area is 150 Å². The van der Waals surface area contributed by atoms with Gasteiger partial charge in [0.15, 0.2) is 0 Å². The second kappa shape index (κ2) is 6.30. The summed E-state index contributed by atoms with van der Waals surface area (Å²) in [5.41, 5.74) is 1.90. The lowest BCUT2D eigenvalue weighted by Crippen LogP contribution is -2.47. The molecule has 3 aromatic rings. The molecule has 4 heterocycles. The van der Waals surface area contributed by atoms with Gasteiger partial charge in [-0.25, -0.2) is 15.0 Å². The van der Waals surface area contributed by atoms with E-state index in [9.17, 15) is 5.26 Å². The topological polar surface area (TPSA) is 68.9 Å². The van der Waals surface area contributed by atoms with Crippen LogP contribution in [0, 0.1) is 25.2 Å². The molecule has 7 heteroatoms. The number of piperazine rings is 1. The number of pyridine rings is 1. The molecule has 1 aliphatic heterocycles. The number of thiophene rings is 1. The SMILES string of the molecule is Cc1sc2ncnc(N3CCN(c4ncccc4C#N)CC3)c2c1C. The quantitative estimate of drug-likeness (QED) is 0.708. The number of hydrogen-bond donors (Lipinski definition) is 0. The maximum atomic E-state index is 9.29. The van der Waals surface area contributed by atoms with Crippen molar-refractivity contribution in [2.75, 3.05) is 36.0 Å². The van der Waals surface area contributed by atoms with E-state index < -0.39 is 0 Å². The van der Waals surface area contributed by atoms with Crippen molar-refractivity contribution in [3.05, 3.63) is 40.7 Å². The molecule has 0 saturated carbocycles. The first-order chi connectivity index (χ1) is 12.2.